The maximum atomic E-state index is 11.9. The summed E-state index contributed by atoms with van der Waals surface area (Å²) >= 11 is 0. The number of β-amino-alcohol motifs (C(OH)–C–C–N with tert-alkyl or cyclic N) is 1. The molecule has 1 amide bonds. The van der Waals surface area contributed by atoms with Crippen LogP contribution in [-0.4, -0.2) is 54.8 Å². The number of ether oxygens (including phenoxy) is 1. The van der Waals surface area contributed by atoms with Crippen LogP contribution >= 0.6 is 0 Å². The summed E-state index contributed by atoms with van der Waals surface area (Å²) < 4.78 is 5.63. The van der Waals surface area contributed by atoms with Gasteiger partial charge < -0.3 is 15.2 Å². The zero-order valence-corrected chi connectivity index (χ0v) is 14.0. The van der Waals surface area contributed by atoms with Crippen LogP contribution in [0.15, 0.2) is 24.3 Å². The van der Waals surface area contributed by atoms with Gasteiger partial charge in [-0.1, -0.05) is 25.5 Å². The molecule has 1 aromatic carbocycles. The fraction of sp³-hybridized carbons (Fsp3) is 0.611. The first-order chi connectivity index (χ1) is 11.2. The average molecular weight is 320 g/mol. The first kappa shape index (κ1) is 17.8. The van der Waals surface area contributed by atoms with Crippen molar-refractivity contribution in [3.05, 3.63) is 29.8 Å². The summed E-state index contributed by atoms with van der Waals surface area (Å²) in [5.41, 5.74) is 1.32. The van der Waals surface area contributed by atoms with Crippen molar-refractivity contribution in [3.8, 4) is 5.75 Å². The first-order valence-corrected chi connectivity index (χ1v) is 8.56. The highest BCUT2D eigenvalue weighted by Crippen LogP contribution is 2.13. The number of benzene rings is 1. The minimum Gasteiger partial charge on any atom is -0.492 e. The number of hydrogen-bond acceptors (Lipinski definition) is 4. The van der Waals surface area contributed by atoms with Crippen LogP contribution in [0.1, 0.15) is 31.7 Å². The summed E-state index contributed by atoms with van der Waals surface area (Å²) in [5, 5.41) is 12.5. The van der Waals surface area contributed by atoms with E-state index in [9.17, 15) is 9.90 Å². The van der Waals surface area contributed by atoms with Gasteiger partial charge in [0.1, 0.15) is 12.4 Å². The summed E-state index contributed by atoms with van der Waals surface area (Å²) in [6.07, 6.45) is 3.71. The third-order valence-corrected chi connectivity index (χ3v) is 4.00. The Balaban J connectivity index is 1.60. The predicted molar refractivity (Wildman–Crippen MR) is 90.6 cm³/mol. The largest absolute Gasteiger partial charge is 0.492 e. The van der Waals surface area contributed by atoms with E-state index in [-0.39, 0.29) is 12.0 Å². The van der Waals surface area contributed by atoms with Crippen molar-refractivity contribution >= 4 is 5.91 Å². The molecule has 0 saturated carbocycles. The summed E-state index contributed by atoms with van der Waals surface area (Å²) in [6, 6.07) is 8.11. The lowest BCUT2D eigenvalue weighted by Crippen LogP contribution is -2.44. The van der Waals surface area contributed by atoms with E-state index in [4.69, 9.17) is 4.74 Å². The molecule has 1 heterocycles. The predicted octanol–water partition coefficient (Wildman–Crippen LogP) is 1.59. The molecular formula is C18H28N2O3. The smallest absolute Gasteiger partial charge is 0.234 e. The Bertz CT molecular complexity index is 476. The summed E-state index contributed by atoms with van der Waals surface area (Å²) in [7, 11) is 0. The summed E-state index contributed by atoms with van der Waals surface area (Å²) in [4.78, 5) is 13.9. The van der Waals surface area contributed by atoms with Crippen molar-refractivity contribution in [3.63, 3.8) is 0 Å². The van der Waals surface area contributed by atoms with Gasteiger partial charge in [0.15, 0.2) is 0 Å². The Labute approximate surface area is 138 Å². The van der Waals surface area contributed by atoms with Crippen molar-refractivity contribution in [2.24, 2.45) is 0 Å². The summed E-state index contributed by atoms with van der Waals surface area (Å²) in [6.45, 7) is 4.94. The van der Waals surface area contributed by atoms with E-state index in [0.717, 1.165) is 38.0 Å². The van der Waals surface area contributed by atoms with Gasteiger partial charge in [0, 0.05) is 6.54 Å². The van der Waals surface area contributed by atoms with Gasteiger partial charge in [0.25, 0.3) is 0 Å². The molecule has 1 aromatic rings. The second-order valence-electron chi connectivity index (χ2n) is 6.12. The third-order valence-electron chi connectivity index (χ3n) is 4.00. The van der Waals surface area contributed by atoms with Crippen LogP contribution in [0, 0.1) is 0 Å². The topological polar surface area (TPSA) is 61.8 Å². The Morgan fingerprint density at radius 1 is 1.39 bits per heavy atom. The number of nitrogens with zero attached hydrogens (tertiary/aromatic N) is 1. The molecule has 0 aliphatic carbocycles. The van der Waals surface area contributed by atoms with E-state index < -0.39 is 0 Å². The van der Waals surface area contributed by atoms with Gasteiger partial charge in [0.2, 0.25) is 5.91 Å². The molecular weight excluding hydrogens is 292 g/mol. The van der Waals surface area contributed by atoms with Gasteiger partial charge in [-0.15, -0.1) is 0 Å². The quantitative estimate of drug-likeness (QED) is 0.714. The number of carbonyl (C=O) groups excluding carboxylic acids is 1. The monoisotopic (exact) mass is 320 g/mol. The van der Waals surface area contributed by atoms with Crippen LogP contribution < -0.4 is 10.1 Å². The van der Waals surface area contributed by atoms with Crippen LogP contribution in [-0.2, 0) is 11.2 Å². The molecule has 1 atom stereocenters. The molecule has 2 N–H and O–H groups in total. The van der Waals surface area contributed by atoms with E-state index in [1.54, 1.807) is 0 Å². The van der Waals surface area contributed by atoms with E-state index in [1.807, 2.05) is 17.0 Å². The number of aliphatic hydroxyl groups excluding tert-OH is 1. The van der Waals surface area contributed by atoms with E-state index >= 15 is 0 Å². The Hall–Kier alpha value is -1.59. The van der Waals surface area contributed by atoms with Gasteiger partial charge in [0.05, 0.1) is 19.2 Å². The van der Waals surface area contributed by atoms with Crippen LogP contribution in [0.25, 0.3) is 0 Å². The number of likely N-dealkylation sites (tertiary alicyclic amines) is 1. The van der Waals surface area contributed by atoms with Crippen molar-refractivity contribution in [1.82, 2.24) is 10.2 Å². The zero-order valence-electron chi connectivity index (χ0n) is 14.0. The minimum atomic E-state index is -0.296. The number of carbonyl (C=O) groups is 1. The van der Waals surface area contributed by atoms with Crippen LogP contribution in [0.3, 0.4) is 0 Å². The number of rotatable bonds is 8. The molecule has 128 valence electrons. The number of amides is 1. The maximum Gasteiger partial charge on any atom is 0.234 e. The van der Waals surface area contributed by atoms with Crippen LogP contribution in [0.5, 0.6) is 5.75 Å². The fourth-order valence-corrected chi connectivity index (χ4v) is 2.83. The highest BCUT2D eigenvalue weighted by atomic mass is 16.5. The molecule has 1 fully saturated rings. The van der Waals surface area contributed by atoms with Gasteiger partial charge >= 0.3 is 0 Å². The number of piperidine rings is 1. The van der Waals surface area contributed by atoms with Gasteiger partial charge in [-0.2, -0.15) is 0 Å². The van der Waals surface area contributed by atoms with E-state index in [1.165, 1.54) is 5.56 Å². The summed E-state index contributed by atoms with van der Waals surface area (Å²) in [5.74, 6) is 0.819. The van der Waals surface area contributed by atoms with Crippen LogP contribution in [0.4, 0.5) is 0 Å². The lowest BCUT2D eigenvalue weighted by atomic mass is 10.1. The second kappa shape index (κ2) is 9.53. The van der Waals surface area contributed by atoms with Crippen molar-refractivity contribution < 1.29 is 14.6 Å². The lowest BCUT2D eigenvalue weighted by molar-refractivity contribution is -0.123. The molecule has 1 aliphatic rings. The minimum absolute atomic E-state index is 0.0130. The lowest BCUT2D eigenvalue weighted by Gasteiger charge is -2.29. The molecule has 5 nitrogen and oxygen atoms in total. The number of aliphatic hydroxyl groups is 1. The zero-order chi connectivity index (χ0) is 16.5. The highest BCUT2D eigenvalue weighted by Gasteiger charge is 2.19. The van der Waals surface area contributed by atoms with Crippen molar-refractivity contribution in [2.75, 3.05) is 32.8 Å². The molecule has 0 unspecified atom stereocenters. The molecule has 1 aliphatic heterocycles. The molecule has 0 aromatic heterocycles. The maximum absolute atomic E-state index is 11.9. The molecule has 0 radical (unpaired) electrons. The van der Waals surface area contributed by atoms with E-state index in [2.05, 4.69) is 24.4 Å². The molecule has 2 rings (SSSR count). The SMILES string of the molecule is CCCc1ccc(OCCNC(=O)CN2CCC[C@@H](O)C2)cc1. The number of hydrogen-bond donors (Lipinski definition) is 2. The Kier molecular flexibility index (Phi) is 7.36. The standard InChI is InChI=1S/C18H28N2O3/c1-2-4-15-6-8-17(9-7-15)23-12-10-19-18(22)14-20-11-3-5-16(21)13-20/h6-9,16,21H,2-5,10-14H2,1H3,(H,19,22)/t16-/m1/s1. The molecule has 0 bridgehead atoms. The van der Waals surface area contributed by atoms with E-state index in [0.29, 0.717) is 26.2 Å². The highest BCUT2D eigenvalue weighted by molar-refractivity contribution is 5.78. The average Bonchev–Trinajstić information content (AvgIpc) is 2.53. The molecule has 5 heteroatoms. The Morgan fingerprint density at radius 2 is 2.17 bits per heavy atom. The van der Waals surface area contributed by atoms with Gasteiger partial charge in [-0.3, -0.25) is 9.69 Å². The Morgan fingerprint density at radius 3 is 2.87 bits per heavy atom. The van der Waals surface area contributed by atoms with Gasteiger partial charge in [-0.05, 0) is 43.5 Å². The normalized spacial score (nSPS) is 18.6. The first-order valence-electron chi connectivity index (χ1n) is 8.56. The molecule has 0 spiro atoms. The van der Waals surface area contributed by atoms with Gasteiger partial charge in [-0.25, -0.2) is 0 Å². The number of nitrogens with one attached hydrogen (secondary N) is 1. The molecule has 23 heavy (non-hydrogen) atoms. The van der Waals surface area contributed by atoms with Crippen molar-refractivity contribution in [1.29, 1.82) is 0 Å². The van der Waals surface area contributed by atoms with Crippen LogP contribution in [0.2, 0.25) is 0 Å². The number of aryl methyl sites for hydroxylation is 1. The third kappa shape index (κ3) is 6.59. The molecule has 1 saturated heterocycles. The second-order valence-corrected chi connectivity index (χ2v) is 6.12. The fourth-order valence-electron chi connectivity index (χ4n) is 2.83. The van der Waals surface area contributed by atoms with Crippen molar-refractivity contribution in [2.45, 2.75) is 38.7 Å².